The van der Waals surface area contributed by atoms with Crippen molar-refractivity contribution in [1.82, 2.24) is 0 Å². The highest BCUT2D eigenvalue weighted by Crippen LogP contribution is 2.30. The topological polar surface area (TPSA) is 18.5 Å². The Morgan fingerprint density at radius 2 is 1.12 bits per heavy atom. The molecule has 0 bridgehead atoms. The molecule has 1 aliphatic heterocycles. The molecule has 0 saturated carbocycles. The lowest BCUT2D eigenvalue weighted by molar-refractivity contribution is 0.247. The molecule has 1 aliphatic rings. The van der Waals surface area contributed by atoms with Gasteiger partial charge >= 0.3 is 0 Å². The van der Waals surface area contributed by atoms with Crippen molar-refractivity contribution in [2.24, 2.45) is 0 Å². The van der Waals surface area contributed by atoms with Crippen molar-refractivity contribution >= 4 is 12.2 Å². The minimum absolute atomic E-state index is 0.500. The normalized spacial score (nSPS) is 15.6. The van der Waals surface area contributed by atoms with Gasteiger partial charge in [0, 0.05) is 17.5 Å². The summed E-state index contributed by atoms with van der Waals surface area (Å²) < 4.78 is 12.0. The van der Waals surface area contributed by atoms with Crippen molar-refractivity contribution in [1.29, 1.82) is 0 Å². The van der Waals surface area contributed by atoms with Crippen LogP contribution in [0.3, 0.4) is 0 Å². The summed E-state index contributed by atoms with van der Waals surface area (Å²) in [4.78, 5) is 0. The predicted molar refractivity (Wildman–Crippen MR) is 106 cm³/mol. The van der Waals surface area contributed by atoms with Gasteiger partial charge in [-0.05, 0) is 47.2 Å². The van der Waals surface area contributed by atoms with Gasteiger partial charge in [-0.25, -0.2) is 0 Å². The SMILES string of the molecule is CC(C)c1ccc2c(c1)/C=C\c1cc(C(C)C)ccc1OCCCO2. The lowest BCUT2D eigenvalue weighted by atomic mass is 9.98. The highest BCUT2D eigenvalue weighted by Gasteiger charge is 2.10. The van der Waals surface area contributed by atoms with E-state index in [-0.39, 0.29) is 0 Å². The first-order valence-corrected chi connectivity index (χ1v) is 9.26. The average Bonchev–Trinajstić information content (AvgIpc) is 2.63. The first kappa shape index (κ1) is 17.6. The molecule has 0 fully saturated rings. The van der Waals surface area contributed by atoms with Gasteiger partial charge in [-0.1, -0.05) is 52.0 Å². The number of hydrogen-bond donors (Lipinski definition) is 0. The summed E-state index contributed by atoms with van der Waals surface area (Å²) in [6, 6.07) is 13.0. The molecule has 2 heteroatoms. The van der Waals surface area contributed by atoms with Gasteiger partial charge in [0.05, 0.1) is 13.2 Å². The fraction of sp³-hybridized carbons (Fsp3) is 0.391. The molecule has 1 heterocycles. The standard InChI is InChI=1S/C23H28O2/c1-16(2)18-8-10-22-20(14-18)6-7-21-15-19(17(3)4)9-11-23(21)25-13-5-12-24-22/h6-11,14-17H,5,12-13H2,1-4H3/b7-6-. The molecule has 2 aromatic carbocycles. The molecule has 2 aromatic rings. The van der Waals surface area contributed by atoms with Crippen molar-refractivity contribution in [3.8, 4) is 11.5 Å². The third-order valence-electron chi connectivity index (χ3n) is 4.65. The summed E-state index contributed by atoms with van der Waals surface area (Å²) in [5.74, 6) is 2.90. The molecule has 0 spiro atoms. The van der Waals surface area contributed by atoms with E-state index in [2.05, 4.69) is 76.2 Å². The Kier molecular flexibility index (Phi) is 5.47. The Balaban J connectivity index is 2.04. The third-order valence-corrected chi connectivity index (χ3v) is 4.65. The van der Waals surface area contributed by atoms with Gasteiger partial charge in [-0.15, -0.1) is 0 Å². The van der Waals surface area contributed by atoms with Gasteiger partial charge in [0.2, 0.25) is 0 Å². The van der Waals surface area contributed by atoms with Gasteiger partial charge in [-0.3, -0.25) is 0 Å². The van der Waals surface area contributed by atoms with Crippen LogP contribution in [-0.4, -0.2) is 13.2 Å². The smallest absolute Gasteiger partial charge is 0.126 e. The van der Waals surface area contributed by atoms with Crippen LogP contribution in [0.2, 0.25) is 0 Å². The molecule has 0 unspecified atom stereocenters. The van der Waals surface area contributed by atoms with E-state index >= 15 is 0 Å². The van der Waals surface area contributed by atoms with Gasteiger partial charge in [0.25, 0.3) is 0 Å². The maximum absolute atomic E-state index is 5.98. The molecule has 3 rings (SSSR count). The summed E-state index contributed by atoms with van der Waals surface area (Å²) in [7, 11) is 0. The Morgan fingerprint density at radius 1 is 0.680 bits per heavy atom. The van der Waals surface area contributed by atoms with E-state index in [0.29, 0.717) is 25.0 Å². The van der Waals surface area contributed by atoms with Crippen molar-refractivity contribution in [2.75, 3.05) is 13.2 Å². The zero-order valence-electron chi connectivity index (χ0n) is 15.7. The number of hydrogen-bond acceptors (Lipinski definition) is 2. The maximum atomic E-state index is 5.98. The highest BCUT2D eigenvalue weighted by atomic mass is 16.5. The van der Waals surface area contributed by atoms with Crippen LogP contribution in [0.25, 0.3) is 12.2 Å². The zero-order chi connectivity index (χ0) is 17.8. The number of ether oxygens (including phenoxy) is 2. The fourth-order valence-electron chi connectivity index (χ4n) is 2.98. The summed E-state index contributed by atoms with van der Waals surface area (Å²) in [5.41, 5.74) is 4.92. The zero-order valence-corrected chi connectivity index (χ0v) is 15.7. The monoisotopic (exact) mass is 336 g/mol. The third kappa shape index (κ3) is 4.25. The van der Waals surface area contributed by atoms with E-state index in [9.17, 15) is 0 Å². The Hall–Kier alpha value is -2.22. The maximum Gasteiger partial charge on any atom is 0.126 e. The van der Waals surface area contributed by atoms with Crippen molar-refractivity contribution in [2.45, 2.75) is 46.0 Å². The van der Waals surface area contributed by atoms with Crippen LogP contribution >= 0.6 is 0 Å². The number of rotatable bonds is 2. The van der Waals surface area contributed by atoms with Crippen LogP contribution < -0.4 is 9.47 Å². The van der Waals surface area contributed by atoms with Gasteiger partial charge < -0.3 is 9.47 Å². The van der Waals surface area contributed by atoms with Crippen LogP contribution in [0.15, 0.2) is 36.4 Å². The summed E-state index contributed by atoms with van der Waals surface area (Å²) >= 11 is 0. The quantitative estimate of drug-likeness (QED) is 0.644. The second-order valence-corrected chi connectivity index (χ2v) is 7.29. The molecule has 0 amide bonds. The average molecular weight is 336 g/mol. The lowest BCUT2D eigenvalue weighted by Crippen LogP contribution is -2.06. The van der Waals surface area contributed by atoms with E-state index in [1.54, 1.807) is 0 Å². The molecular weight excluding hydrogens is 308 g/mol. The molecule has 25 heavy (non-hydrogen) atoms. The molecule has 0 atom stereocenters. The van der Waals surface area contributed by atoms with Crippen LogP contribution in [0.5, 0.6) is 11.5 Å². The second-order valence-electron chi connectivity index (χ2n) is 7.29. The van der Waals surface area contributed by atoms with E-state index < -0.39 is 0 Å². The van der Waals surface area contributed by atoms with Crippen molar-refractivity contribution in [3.05, 3.63) is 58.7 Å². The second kappa shape index (κ2) is 7.77. The van der Waals surface area contributed by atoms with Crippen LogP contribution in [0.1, 0.15) is 68.2 Å². The molecule has 2 nitrogen and oxygen atoms in total. The minimum atomic E-state index is 0.500. The highest BCUT2D eigenvalue weighted by molar-refractivity contribution is 5.75. The molecule has 132 valence electrons. The van der Waals surface area contributed by atoms with Crippen molar-refractivity contribution < 1.29 is 9.47 Å². The summed E-state index contributed by atoms with van der Waals surface area (Å²) in [6.45, 7) is 10.2. The summed E-state index contributed by atoms with van der Waals surface area (Å²) in [6.07, 6.45) is 5.18. The van der Waals surface area contributed by atoms with Crippen LogP contribution in [-0.2, 0) is 0 Å². The van der Waals surface area contributed by atoms with Gasteiger partial charge in [0.1, 0.15) is 11.5 Å². The first-order valence-electron chi connectivity index (χ1n) is 9.26. The number of benzene rings is 2. The Bertz CT molecular complexity index is 693. The molecule has 0 aromatic heterocycles. The Labute approximate surface area is 151 Å². The summed E-state index contributed by atoms with van der Waals surface area (Å²) in [5, 5.41) is 0. The van der Waals surface area contributed by atoms with Crippen LogP contribution in [0, 0.1) is 0 Å². The van der Waals surface area contributed by atoms with E-state index in [1.807, 2.05) is 0 Å². The number of fused-ring (bicyclic) bond motifs is 2. The van der Waals surface area contributed by atoms with Gasteiger partial charge in [0.15, 0.2) is 0 Å². The van der Waals surface area contributed by atoms with E-state index in [0.717, 1.165) is 29.0 Å². The molecule has 0 aliphatic carbocycles. The lowest BCUT2D eigenvalue weighted by Gasteiger charge is -2.12. The minimum Gasteiger partial charge on any atom is -0.493 e. The molecule has 0 radical (unpaired) electrons. The molecular formula is C23H28O2. The van der Waals surface area contributed by atoms with E-state index in [4.69, 9.17) is 9.47 Å². The largest absolute Gasteiger partial charge is 0.493 e. The molecule has 0 saturated heterocycles. The van der Waals surface area contributed by atoms with Gasteiger partial charge in [-0.2, -0.15) is 0 Å². The predicted octanol–water partition coefficient (Wildman–Crippen LogP) is 6.27. The van der Waals surface area contributed by atoms with E-state index in [1.165, 1.54) is 11.1 Å². The Morgan fingerprint density at radius 3 is 1.52 bits per heavy atom. The molecule has 0 N–H and O–H groups in total. The first-order chi connectivity index (χ1) is 12.0. The van der Waals surface area contributed by atoms with Crippen molar-refractivity contribution in [3.63, 3.8) is 0 Å². The van der Waals surface area contributed by atoms with Crippen LogP contribution in [0.4, 0.5) is 0 Å². The fourth-order valence-corrected chi connectivity index (χ4v) is 2.98.